The van der Waals surface area contributed by atoms with Crippen molar-refractivity contribution in [1.82, 2.24) is 5.32 Å². The van der Waals surface area contributed by atoms with Gasteiger partial charge in [0.25, 0.3) is 0 Å². The molecule has 0 aliphatic heterocycles. The quantitative estimate of drug-likeness (QED) is 0.184. The number of rotatable bonds is 23. The standard InChI is InChI=1S/C24H51NO/c1-2-3-4-5-6-7-8-9-10-11-12-13-14-15-16-19-22-25-23-20-17-18-21-24-26/h25-26H,2-24H2,1H3. The van der Waals surface area contributed by atoms with E-state index in [1.807, 2.05) is 0 Å². The molecule has 2 nitrogen and oxygen atoms in total. The van der Waals surface area contributed by atoms with Gasteiger partial charge in [0.2, 0.25) is 0 Å². The lowest BCUT2D eigenvalue weighted by Gasteiger charge is -2.05. The van der Waals surface area contributed by atoms with Crippen LogP contribution in [0.2, 0.25) is 0 Å². The molecule has 0 unspecified atom stereocenters. The van der Waals surface area contributed by atoms with Crippen molar-refractivity contribution < 1.29 is 5.11 Å². The van der Waals surface area contributed by atoms with Crippen molar-refractivity contribution in [2.75, 3.05) is 19.7 Å². The highest BCUT2D eigenvalue weighted by atomic mass is 16.2. The lowest BCUT2D eigenvalue weighted by Crippen LogP contribution is -2.16. The van der Waals surface area contributed by atoms with Crippen LogP contribution in [-0.4, -0.2) is 24.8 Å². The van der Waals surface area contributed by atoms with Crippen LogP contribution in [0.5, 0.6) is 0 Å². The van der Waals surface area contributed by atoms with Gasteiger partial charge < -0.3 is 10.4 Å². The molecule has 0 saturated carbocycles. The first-order valence-electron chi connectivity index (χ1n) is 12.2. The normalized spacial score (nSPS) is 11.3. The van der Waals surface area contributed by atoms with Gasteiger partial charge in [-0.1, -0.05) is 116 Å². The molecule has 2 heteroatoms. The molecule has 0 atom stereocenters. The summed E-state index contributed by atoms with van der Waals surface area (Å²) in [5.74, 6) is 0. The van der Waals surface area contributed by atoms with Gasteiger partial charge >= 0.3 is 0 Å². The van der Waals surface area contributed by atoms with Crippen molar-refractivity contribution in [1.29, 1.82) is 0 Å². The minimum Gasteiger partial charge on any atom is -0.396 e. The van der Waals surface area contributed by atoms with Gasteiger partial charge in [0.15, 0.2) is 0 Å². The van der Waals surface area contributed by atoms with Crippen molar-refractivity contribution >= 4 is 0 Å². The van der Waals surface area contributed by atoms with E-state index in [0.717, 1.165) is 13.0 Å². The van der Waals surface area contributed by atoms with E-state index in [4.69, 9.17) is 5.11 Å². The van der Waals surface area contributed by atoms with Gasteiger partial charge in [0.05, 0.1) is 0 Å². The molecule has 0 radical (unpaired) electrons. The average Bonchev–Trinajstić information content (AvgIpc) is 2.66. The third-order valence-electron chi connectivity index (χ3n) is 5.47. The summed E-state index contributed by atoms with van der Waals surface area (Å²) < 4.78 is 0. The van der Waals surface area contributed by atoms with Gasteiger partial charge in [-0.15, -0.1) is 0 Å². The Hall–Kier alpha value is -0.0800. The van der Waals surface area contributed by atoms with Crippen molar-refractivity contribution in [3.63, 3.8) is 0 Å². The van der Waals surface area contributed by atoms with Crippen LogP contribution in [0.3, 0.4) is 0 Å². The van der Waals surface area contributed by atoms with Gasteiger partial charge in [-0.25, -0.2) is 0 Å². The maximum Gasteiger partial charge on any atom is 0.0431 e. The van der Waals surface area contributed by atoms with E-state index in [-0.39, 0.29) is 0 Å². The molecular weight excluding hydrogens is 318 g/mol. The van der Waals surface area contributed by atoms with Gasteiger partial charge in [-0.05, 0) is 32.4 Å². The summed E-state index contributed by atoms with van der Waals surface area (Å²) in [4.78, 5) is 0. The Morgan fingerprint density at radius 1 is 0.423 bits per heavy atom. The highest BCUT2D eigenvalue weighted by Crippen LogP contribution is 2.13. The summed E-state index contributed by atoms with van der Waals surface area (Å²) in [5, 5.41) is 12.3. The molecule has 0 aromatic carbocycles. The molecular formula is C24H51NO. The van der Waals surface area contributed by atoms with Gasteiger partial charge in [0.1, 0.15) is 0 Å². The number of aliphatic hydroxyl groups excluding tert-OH is 1. The van der Waals surface area contributed by atoms with E-state index >= 15 is 0 Å². The fraction of sp³-hybridized carbons (Fsp3) is 1.00. The van der Waals surface area contributed by atoms with Crippen LogP contribution in [-0.2, 0) is 0 Å². The zero-order chi connectivity index (χ0) is 19.0. The van der Waals surface area contributed by atoms with Gasteiger partial charge in [-0.3, -0.25) is 0 Å². The smallest absolute Gasteiger partial charge is 0.0431 e. The fourth-order valence-corrected chi connectivity index (χ4v) is 3.64. The largest absolute Gasteiger partial charge is 0.396 e. The zero-order valence-corrected chi connectivity index (χ0v) is 18.2. The minimum absolute atomic E-state index is 0.354. The second kappa shape index (κ2) is 24.9. The molecule has 0 aliphatic rings. The highest BCUT2D eigenvalue weighted by Gasteiger charge is 1.95. The van der Waals surface area contributed by atoms with Crippen LogP contribution in [0, 0.1) is 0 Å². The Labute approximate surface area is 165 Å². The first kappa shape index (κ1) is 25.9. The van der Waals surface area contributed by atoms with Crippen LogP contribution in [0.25, 0.3) is 0 Å². The Bertz CT molecular complexity index is 208. The predicted octanol–water partition coefficient (Wildman–Crippen LogP) is 7.39. The number of nitrogens with one attached hydrogen (secondary N) is 1. The maximum atomic E-state index is 8.72. The zero-order valence-electron chi connectivity index (χ0n) is 18.2. The van der Waals surface area contributed by atoms with Crippen LogP contribution < -0.4 is 5.32 Å². The van der Waals surface area contributed by atoms with Gasteiger partial charge in [0, 0.05) is 6.61 Å². The highest BCUT2D eigenvalue weighted by molar-refractivity contribution is 4.52. The minimum atomic E-state index is 0.354. The first-order valence-corrected chi connectivity index (χ1v) is 12.2. The second-order valence-electron chi connectivity index (χ2n) is 8.19. The van der Waals surface area contributed by atoms with E-state index in [0.29, 0.717) is 6.61 Å². The third kappa shape index (κ3) is 23.9. The van der Waals surface area contributed by atoms with E-state index in [2.05, 4.69) is 12.2 Å². The monoisotopic (exact) mass is 369 g/mol. The molecule has 0 spiro atoms. The Kier molecular flexibility index (Phi) is 24.8. The molecule has 2 N–H and O–H groups in total. The van der Waals surface area contributed by atoms with Crippen LogP contribution in [0.15, 0.2) is 0 Å². The lowest BCUT2D eigenvalue weighted by molar-refractivity contribution is 0.282. The van der Waals surface area contributed by atoms with Gasteiger partial charge in [-0.2, -0.15) is 0 Å². The van der Waals surface area contributed by atoms with Crippen molar-refractivity contribution in [3.05, 3.63) is 0 Å². The van der Waals surface area contributed by atoms with E-state index < -0.39 is 0 Å². The Morgan fingerprint density at radius 3 is 1.08 bits per heavy atom. The summed E-state index contributed by atoms with van der Waals surface area (Å²) in [5.41, 5.74) is 0. The molecule has 0 aromatic heterocycles. The van der Waals surface area contributed by atoms with E-state index in [1.54, 1.807) is 0 Å². The maximum absolute atomic E-state index is 8.72. The number of unbranched alkanes of at least 4 members (excludes halogenated alkanes) is 18. The second-order valence-corrected chi connectivity index (χ2v) is 8.19. The summed E-state index contributed by atoms with van der Waals surface area (Å²) in [7, 11) is 0. The summed E-state index contributed by atoms with van der Waals surface area (Å²) in [6.45, 7) is 5.00. The molecule has 0 fully saturated rings. The molecule has 158 valence electrons. The SMILES string of the molecule is CCCCCCCCCCCCCCCCCCNCCCCCCO. The molecule has 0 aromatic rings. The van der Waals surface area contributed by atoms with E-state index in [9.17, 15) is 0 Å². The van der Waals surface area contributed by atoms with Crippen LogP contribution in [0.1, 0.15) is 135 Å². The molecule has 0 heterocycles. The predicted molar refractivity (Wildman–Crippen MR) is 118 cm³/mol. The third-order valence-corrected chi connectivity index (χ3v) is 5.47. The average molecular weight is 370 g/mol. The molecule has 0 saturated heterocycles. The fourth-order valence-electron chi connectivity index (χ4n) is 3.64. The molecule has 0 amide bonds. The lowest BCUT2D eigenvalue weighted by atomic mass is 10.0. The number of aliphatic hydroxyl groups is 1. The summed E-state index contributed by atoms with van der Waals surface area (Å²) in [6, 6.07) is 0. The number of hydrogen-bond donors (Lipinski definition) is 2. The van der Waals surface area contributed by atoms with Crippen molar-refractivity contribution in [2.45, 2.75) is 135 Å². The summed E-state index contributed by atoms with van der Waals surface area (Å²) >= 11 is 0. The molecule has 26 heavy (non-hydrogen) atoms. The van der Waals surface area contributed by atoms with Crippen LogP contribution in [0.4, 0.5) is 0 Å². The van der Waals surface area contributed by atoms with Crippen molar-refractivity contribution in [3.8, 4) is 0 Å². The van der Waals surface area contributed by atoms with E-state index in [1.165, 1.54) is 129 Å². The topological polar surface area (TPSA) is 32.3 Å². The van der Waals surface area contributed by atoms with Crippen LogP contribution >= 0.6 is 0 Å². The Morgan fingerprint density at radius 2 is 0.731 bits per heavy atom. The summed E-state index contributed by atoms with van der Waals surface area (Å²) in [6.07, 6.45) is 27.7. The van der Waals surface area contributed by atoms with Crippen molar-refractivity contribution in [2.24, 2.45) is 0 Å². The first-order chi connectivity index (χ1) is 12.9. The Balaban J connectivity index is 2.95. The molecule has 0 rings (SSSR count). The molecule has 0 bridgehead atoms. The number of hydrogen-bond acceptors (Lipinski definition) is 2. The molecule has 0 aliphatic carbocycles.